The Morgan fingerprint density at radius 2 is 2.31 bits per heavy atom. The first-order valence-corrected chi connectivity index (χ1v) is 4.82. The number of aryl methyl sites for hydroxylation is 1. The number of rotatable bonds is 3. The van der Waals surface area contributed by atoms with E-state index in [0.717, 1.165) is 15.9 Å². The highest BCUT2D eigenvalue weighted by Gasteiger charge is 1.97. The van der Waals surface area contributed by atoms with Gasteiger partial charge in [-0.2, -0.15) is 0 Å². The molecular formula is C10H13BrN2. The molecule has 0 fully saturated rings. The van der Waals surface area contributed by atoms with Gasteiger partial charge in [-0.25, -0.2) is 0 Å². The van der Waals surface area contributed by atoms with Crippen LogP contribution in [0, 0.1) is 6.92 Å². The van der Waals surface area contributed by atoms with Gasteiger partial charge in [-0.1, -0.05) is 28.6 Å². The summed E-state index contributed by atoms with van der Waals surface area (Å²) in [5.41, 5.74) is 8.68. The van der Waals surface area contributed by atoms with Crippen LogP contribution in [0.5, 0.6) is 0 Å². The molecule has 0 aliphatic carbocycles. The predicted molar refractivity (Wildman–Crippen MR) is 62.1 cm³/mol. The number of hydrogen-bond acceptors (Lipinski definition) is 2. The van der Waals surface area contributed by atoms with E-state index in [4.69, 9.17) is 5.73 Å². The molecule has 0 bridgehead atoms. The summed E-state index contributed by atoms with van der Waals surface area (Å²) in [5.74, 6) is 0. The number of anilines is 2. The highest BCUT2D eigenvalue weighted by atomic mass is 79.9. The zero-order valence-electron chi connectivity index (χ0n) is 7.60. The molecule has 0 aliphatic heterocycles. The molecule has 0 spiro atoms. The van der Waals surface area contributed by atoms with Crippen LogP contribution in [0.1, 0.15) is 5.56 Å². The van der Waals surface area contributed by atoms with Crippen LogP contribution in [0.4, 0.5) is 11.4 Å². The molecule has 0 aromatic heterocycles. The predicted octanol–water partition coefficient (Wildman–Crippen LogP) is 2.90. The maximum Gasteiger partial charge on any atom is 0.0579 e. The zero-order chi connectivity index (χ0) is 9.84. The van der Waals surface area contributed by atoms with Crippen molar-refractivity contribution in [3.05, 3.63) is 34.8 Å². The Morgan fingerprint density at radius 1 is 1.62 bits per heavy atom. The van der Waals surface area contributed by atoms with Crippen molar-refractivity contribution in [3.8, 4) is 0 Å². The molecule has 0 radical (unpaired) electrons. The van der Waals surface area contributed by atoms with Crippen LogP contribution in [0.15, 0.2) is 29.3 Å². The molecule has 0 unspecified atom stereocenters. The molecule has 0 amide bonds. The largest absolute Gasteiger partial charge is 0.397 e. The second-order valence-electron chi connectivity index (χ2n) is 2.96. The van der Waals surface area contributed by atoms with Crippen molar-refractivity contribution in [2.24, 2.45) is 0 Å². The van der Waals surface area contributed by atoms with Crippen LogP contribution in [0.3, 0.4) is 0 Å². The Balaban J connectivity index is 2.75. The van der Waals surface area contributed by atoms with E-state index in [1.807, 2.05) is 25.1 Å². The molecule has 0 atom stereocenters. The lowest BCUT2D eigenvalue weighted by Gasteiger charge is -2.08. The minimum absolute atomic E-state index is 0.688. The normalized spacial score (nSPS) is 9.69. The summed E-state index contributed by atoms with van der Waals surface area (Å²) in [7, 11) is 0. The Labute approximate surface area is 87.0 Å². The van der Waals surface area contributed by atoms with E-state index < -0.39 is 0 Å². The molecule has 2 nitrogen and oxygen atoms in total. The Morgan fingerprint density at radius 3 is 2.92 bits per heavy atom. The second-order valence-corrected chi connectivity index (χ2v) is 4.08. The Kier molecular flexibility index (Phi) is 3.37. The smallest absolute Gasteiger partial charge is 0.0579 e. The van der Waals surface area contributed by atoms with Gasteiger partial charge in [0.25, 0.3) is 0 Å². The van der Waals surface area contributed by atoms with E-state index in [-0.39, 0.29) is 0 Å². The molecule has 3 N–H and O–H groups in total. The molecule has 13 heavy (non-hydrogen) atoms. The maximum atomic E-state index is 5.77. The van der Waals surface area contributed by atoms with Crippen LogP contribution < -0.4 is 11.1 Å². The molecule has 1 aromatic carbocycles. The van der Waals surface area contributed by atoms with Crippen LogP contribution in [0.25, 0.3) is 0 Å². The van der Waals surface area contributed by atoms with Gasteiger partial charge in [0.1, 0.15) is 0 Å². The van der Waals surface area contributed by atoms with Crippen LogP contribution in [-0.2, 0) is 0 Å². The number of nitrogens with one attached hydrogen (secondary N) is 1. The second kappa shape index (κ2) is 4.33. The number of nitrogens with two attached hydrogens (primary N) is 1. The monoisotopic (exact) mass is 240 g/mol. The lowest BCUT2D eigenvalue weighted by atomic mass is 10.2. The molecule has 70 valence electrons. The van der Waals surface area contributed by atoms with Crippen molar-refractivity contribution >= 4 is 27.3 Å². The third kappa shape index (κ3) is 3.11. The third-order valence-electron chi connectivity index (χ3n) is 1.68. The number of nitrogen functional groups attached to an aromatic ring is 1. The summed E-state index contributed by atoms with van der Waals surface area (Å²) in [6, 6.07) is 5.91. The highest BCUT2D eigenvalue weighted by Crippen LogP contribution is 2.19. The van der Waals surface area contributed by atoms with Gasteiger partial charge in [0.05, 0.1) is 11.4 Å². The van der Waals surface area contributed by atoms with Crippen LogP contribution in [-0.4, -0.2) is 6.54 Å². The van der Waals surface area contributed by atoms with Gasteiger partial charge in [-0.3, -0.25) is 0 Å². The topological polar surface area (TPSA) is 38.0 Å². The third-order valence-corrected chi connectivity index (χ3v) is 1.96. The maximum absolute atomic E-state index is 5.77. The average molecular weight is 241 g/mol. The Bertz CT molecular complexity index is 321. The van der Waals surface area contributed by atoms with E-state index in [0.29, 0.717) is 6.54 Å². The van der Waals surface area contributed by atoms with Gasteiger partial charge in [-0.05, 0) is 24.6 Å². The molecule has 0 saturated heterocycles. The van der Waals surface area contributed by atoms with E-state index in [9.17, 15) is 0 Å². The summed E-state index contributed by atoms with van der Waals surface area (Å²) >= 11 is 3.28. The fourth-order valence-electron chi connectivity index (χ4n) is 1.01. The first-order chi connectivity index (χ1) is 6.09. The van der Waals surface area contributed by atoms with Gasteiger partial charge in [0.15, 0.2) is 0 Å². The lowest BCUT2D eigenvalue weighted by Crippen LogP contribution is -2.03. The lowest BCUT2D eigenvalue weighted by molar-refractivity contribution is 1.32. The van der Waals surface area contributed by atoms with Crippen LogP contribution >= 0.6 is 15.9 Å². The van der Waals surface area contributed by atoms with Crippen molar-refractivity contribution in [2.75, 3.05) is 17.6 Å². The first kappa shape index (κ1) is 10.1. The van der Waals surface area contributed by atoms with Crippen molar-refractivity contribution in [1.29, 1.82) is 0 Å². The van der Waals surface area contributed by atoms with Crippen LogP contribution in [0.2, 0.25) is 0 Å². The summed E-state index contributed by atoms with van der Waals surface area (Å²) < 4.78 is 0.911. The molecule has 0 heterocycles. The fourth-order valence-corrected chi connectivity index (χ4v) is 1.15. The minimum Gasteiger partial charge on any atom is -0.397 e. The molecule has 1 rings (SSSR count). The van der Waals surface area contributed by atoms with Crippen molar-refractivity contribution in [1.82, 2.24) is 0 Å². The van der Waals surface area contributed by atoms with Gasteiger partial charge in [-0.15, -0.1) is 0 Å². The van der Waals surface area contributed by atoms with E-state index in [2.05, 4.69) is 27.8 Å². The number of hydrogen-bond donors (Lipinski definition) is 2. The average Bonchev–Trinajstić information content (AvgIpc) is 2.06. The van der Waals surface area contributed by atoms with Gasteiger partial charge in [0, 0.05) is 11.0 Å². The summed E-state index contributed by atoms with van der Waals surface area (Å²) in [4.78, 5) is 0. The zero-order valence-corrected chi connectivity index (χ0v) is 9.19. The fraction of sp³-hybridized carbons (Fsp3) is 0.200. The molecule has 0 aliphatic rings. The summed E-state index contributed by atoms with van der Waals surface area (Å²) in [5, 5.41) is 3.18. The van der Waals surface area contributed by atoms with Crippen molar-refractivity contribution in [3.63, 3.8) is 0 Å². The quantitative estimate of drug-likeness (QED) is 0.798. The SMILES string of the molecule is C=C(Br)CNc1cc(C)ccc1N. The summed E-state index contributed by atoms with van der Waals surface area (Å²) in [6.07, 6.45) is 0. The van der Waals surface area contributed by atoms with Gasteiger partial charge >= 0.3 is 0 Å². The molecule has 0 saturated carbocycles. The van der Waals surface area contributed by atoms with Gasteiger partial charge in [0.2, 0.25) is 0 Å². The minimum atomic E-state index is 0.688. The standard InChI is InChI=1S/C10H13BrN2/c1-7-3-4-9(12)10(5-7)13-6-8(2)11/h3-5,13H,2,6,12H2,1H3. The van der Waals surface area contributed by atoms with Gasteiger partial charge < -0.3 is 11.1 Å². The molecule has 3 heteroatoms. The van der Waals surface area contributed by atoms with Crippen molar-refractivity contribution in [2.45, 2.75) is 6.92 Å². The van der Waals surface area contributed by atoms with E-state index in [1.165, 1.54) is 5.56 Å². The number of halogens is 1. The summed E-state index contributed by atoms with van der Waals surface area (Å²) in [6.45, 7) is 6.46. The van der Waals surface area contributed by atoms with E-state index in [1.54, 1.807) is 0 Å². The highest BCUT2D eigenvalue weighted by molar-refractivity contribution is 9.11. The number of benzene rings is 1. The van der Waals surface area contributed by atoms with E-state index >= 15 is 0 Å². The van der Waals surface area contributed by atoms with Crippen molar-refractivity contribution < 1.29 is 0 Å². The molecular weight excluding hydrogens is 228 g/mol. The Hall–Kier alpha value is -0.960. The molecule has 1 aromatic rings. The first-order valence-electron chi connectivity index (χ1n) is 4.03.